The number of para-hydroxylation sites is 1. The van der Waals surface area contributed by atoms with E-state index in [9.17, 15) is 18.8 Å². The fourth-order valence-electron chi connectivity index (χ4n) is 6.25. The zero-order valence-electron chi connectivity index (χ0n) is 24.9. The molecule has 7 nitrogen and oxygen atoms in total. The van der Waals surface area contributed by atoms with Gasteiger partial charge in [-0.15, -0.1) is 0 Å². The van der Waals surface area contributed by atoms with Crippen molar-refractivity contribution in [3.05, 3.63) is 93.5 Å². The molecule has 2 aliphatic heterocycles. The van der Waals surface area contributed by atoms with E-state index in [-0.39, 0.29) is 23.2 Å². The number of amides is 1. The summed E-state index contributed by atoms with van der Waals surface area (Å²) in [7, 11) is 0. The van der Waals surface area contributed by atoms with Crippen LogP contribution < -0.4 is 9.80 Å². The molecular weight excluding hydrogens is 546 g/mol. The molecule has 0 N–H and O–H groups in total. The molecule has 0 bridgehead atoms. The minimum Gasteiger partial charge on any atom is -0.369 e. The first kappa shape index (κ1) is 30.0. The van der Waals surface area contributed by atoms with Gasteiger partial charge in [0.15, 0.2) is 0 Å². The van der Waals surface area contributed by atoms with Gasteiger partial charge in [0.25, 0.3) is 5.91 Å². The van der Waals surface area contributed by atoms with Crippen LogP contribution in [0.5, 0.6) is 0 Å². The Hall–Kier alpha value is -4.47. The van der Waals surface area contributed by atoms with Crippen molar-refractivity contribution in [1.29, 1.82) is 10.5 Å². The molecule has 0 aliphatic carbocycles. The fraction of sp³-hybridized carbons (Fsp3) is 0.382. The zero-order valence-corrected chi connectivity index (χ0v) is 24.9. The summed E-state index contributed by atoms with van der Waals surface area (Å²) in [4.78, 5) is 22.1. The van der Waals surface area contributed by atoms with E-state index < -0.39 is 11.6 Å². The SMILES string of the molecule is Cc1cc(C)c(C(=O)N2CCN(c3cc(F)c(C#N)cc3F)CC2C)cc1CN1CCCN(c2ccccc2C#N)CC1. The highest BCUT2D eigenvalue weighted by Crippen LogP contribution is 2.28. The molecule has 0 spiro atoms. The van der Waals surface area contributed by atoms with Crippen molar-refractivity contribution in [2.24, 2.45) is 0 Å². The number of piperazine rings is 1. The third-order valence-electron chi connectivity index (χ3n) is 8.65. The van der Waals surface area contributed by atoms with Crippen LogP contribution >= 0.6 is 0 Å². The van der Waals surface area contributed by atoms with E-state index >= 15 is 0 Å². The maximum atomic E-state index is 14.7. The van der Waals surface area contributed by atoms with Crippen molar-refractivity contribution < 1.29 is 13.6 Å². The number of benzene rings is 3. The summed E-state index contributed by atoms with van der Waals surface area (Å²) in [5.74, 6) is -1.46. The molecule has 3 aromatic rings. The van der Waals surface area contributed by atoms with Gasteiger partial charge in [0.05, 0.1) is 22.5 Å². The predicted molar refractivity (Wildman–Crippen MR) is 163 cm³/mol. The van der Waals surface area contributed by atoms with Gasteiger partial charge < -0.3 is 14.7 Å². The first-order valence-corrected chi connectivity index (χ1v) is 14.7. The quantitative estimate of drug-likeness (QED) is 0.402. The molecule has 1 amide bonds. The highest BCUT2D eigenvalue weighted by atomic mass is 19.1. The topological polar surface area (TPSA) is 77.6 Å². The Kier molecular flexibility index (Phi) is 8.94. The van der Waals surface area contributed by atoms with Crippen molar-refractivity contribution in [3.8, 4) is 12.1 Å². The van der Waals surface area contributed by atoms with E-state index in [1.165, 1.54) is 0 Å². The third-order valence-corrected chi connectivity index (χ3v) is 8.65. The molecule has 0 saturated carbocycles. The van der Waals surface area contributed by atoms with Gasteiger partial charge >= 0.3 is 0 Å². The van der Waals surface area contributed by atoms with E-state index in [0.29, 0.717) is 30.8 Å². The number of anilines is 2. The minimum atomic E-state index is -0.753. The van der Waals surface area contributed by atoms with Gasteiger partial charge in [-0.3, -0.25) is 9.69 Å². The molecule has 1 atom stereocenters. The van der Waals surface area contributed by atoms with E-state index in [1.54, 1.807) is 11.0 Å². The van der Waals surface area contributed by atoms with Crippen molar-refractivity contribution in [1.82, 2.24) is 9.80 Å². The second-order valence-electron chi connectivity index (χ2n) is 11.5. The molecule has 2 fully saturated rings. The molecule has 0 aromatic heterocycles. The average Bonchev–Trinajstić information content (AvgIpc) is 3.24. The number of hydrogen-bond donors (Lipinski definition) is 0. The number of carbonyl (C=O) groups excluding carboxylic acids is 1. The summed E-state index contributed by atoms with van der Waals surface area (Å²) in [5, 5.41) is 18.5. The predicted octanol–water partition coefficient (Wildman–Crippen LogP) is 5.39. The lowest BCUT2D eigenvalue weighted by Crippen LogP contribution is -2.54. The van der Waals surface area contributed by atoms with Crippen molar-refractivity contribution in [2.75, 3.05) is 55.6 Å². The summed E-state index contributed by atoms with van der Waals surface area (Å²) in [6, 6.07) is 17.6. The number of halogens is 2. The first-order valence-electron chi connectivity index (χ1n) is 14.7. The number of hydrogen-bond acceptors (Lipinski definition) is 6. The van der Waals surface area contributed by atoms with E-state index in [2.05, 4.69) is 28.9 Å². The van der Waals surface area contributed by atoms with Crippen molar-refractivity contribution in [2.45, 2.75) is 39.8 Å². The summed E-state index contributed by atoms with van der Waals surface area (Å²) in [6.07, 6.45) is 0.974. The summed E-state index contributed by atoms with van der Waals surface area (Å²) < 4.78 is 28.9. The molecule has 43 heavy (non-hydrogen) atoms. The molecule has 222 valence electrons. The molecule has 2 heterocycles. The van der Waals surface area contributed by atoms with Crippen LogP contribution in [0.4, 0.5) is 20.2 Å². The second kappa shape index (κ2) is 12.8. The van der Waals surface area contributed by atoms with Crippen molar-refractivity contribution >= 4 is 17.3 Å². The fourth-order valence-corrected chi connectivity index (χ4v) is 6.25. The van der Waals surface area contributed by atoms with E-state index in [1.807, 2.05) is 49.1 Å². The van der Waals surface area contributed by atoms with Gasteiger partial charge in [0.2, 0.25) is 0 Å². The van der Waals surface area contributed by atoms with Crippen LogP contribution in [0.2, 0.25) is 0 Å². The maximum absolute atomic E-state index is 14.7. The molecule has 0 radical (unpaired) electrons. The Bertz CT molecular complexity index is 1610. The molecular formula is C34H36F2N6O. The Morgan fingerprint density at radius 2 is 1.58 bits per heavy atom. The first-order chi connectivity index (χ1) is 20.7. The highest BCUT2D eigenvalue weighted by molar-refractivity contribution is 5.96. The van der Waals surface area contributed by atoms with Crippen molar-refractivity contribution in [3.63, 3.8) is 0 Å². The largest absolute Gasteiger partial charge is 0.369 e. The lowest BCUT2D eigenvalue weighted by atomic mass is 9.97. The standard InChI is InChI=1S/C34H36F2N6O/c1-23-15-24(2)29(16-28(23)22-39-9-6-10-40(12-11-39)32-8-5-4-7-26(32)19-37)34(43)42-14-13-41(21-25(42)3)33-18-30(35)27(20-38)17-31(33)36/h4-5,7-8,15-18,25H,6,9-14,21-22H2,1-3H3. The molecule has 3 aromatic carbocycles. The van der Waals surface area contributed by atoms with Gasteiger partial charge in [-0.2, -0.15) is 10.5 Å². The van der Waals surface area contributed by atoms with Crippen LogP contribution in [-0.2, 0) is 6.54 Å². The van der Waals surface area contributed by atoms with Crippen LogP contribution in [0, 0.1) is 48.1 Å². The van der Waals surface area contributed by atoms with Gasteiger partial charge in [0.1, 0.15) is 23.8 Å². The molecule has 2 saturated heterocycles. The monoisotopic (exact) mass is 582 g/mol. The zero-order chi connectivity index (χ0) is 30.7. The smallest absolute Gasteiger partial charge is 0.254 e. The maximum Gasteiger partial charge on any atom is 0.254 e. The Balaban J connectivity index is 1.27. The lowest BCUT2D eigenvalue weighted by molar-refractivity contribution is 0.0673. The number of nitrogens with zero attached hydrogens (tertiary/aromatic N) is 6. The molecule has 2 aliphatic rings. The lowest BCUT2D eigenvalue weighted by Gasteiger charge is -2.41. The summed E-state index contributed by atoms with van der Waals surface area (Å²) in [6.45, 7) is 11.2. The second-order valence-corrected chi connectivity index (χ2v) is 11.5. The highest BCUT2D eigenvalue weighted by Gasteiger charge is 2.31. The van der Waals surface area contributed by atoms with Crippen LogP contribution in [0.1, 0.15) is 51.5 Å². The van der Waals surface area contributed by atoms with Crippen LogP contribution in [0.3, 0.4) is 0 Å². The normalized spacial score (nSPS) is 17.7. The van der Waals surface area contributed by atoms with Gasteiger partial charge in [-0.05, 0) is 68.1 Å². The Morgan fingerprint density at radius 3 is 2.33 bits per heavy atom. The molecule has 9 heteroatoms. The van der Waals surface area contributed by atoms with Crippen LogP contribution in [0.25, 0.3) is 0 Å². The van der Waals surface area contributed by atoms with E-state index in [4.69, 9.17) is 5.26 Å². The number of aryl methyl sites for hydroxylation is 2. The van der Waals surface area contributed by atoms with Gasteiger partial charge in [0, 0.05) is 70.0 Å². The van der Waals surface area contributed by atoms with Crippen LogP contribution in [0.15, 0.2) is 48.5 Å². The third kappa shape index (κ3) is 6.33. The summed E-state index contributed by atoms with van der Waals surface area (Å²) >= 11 is 0. The van der Waals surface area contributed by atoms with Crippen LogP contribution in [-0.4, -0.2) is 67.6 Å². The average molecular weight is 583 g/mol. The minimum absolute atomic E-state index is 0.0625. The Morgan fingerprint density at radius 1 is 0.837 bits per heavy atom. The summed E-state index contributed by atoms with van der Waals surface area (Å²) in [5.41, 5.74) is 5.28. The number of nitriles is 2. The molecule has 5 rings (SSSR count). The van der Waals surface area contributed by atoms with Gasteiger partial charge in [-0.1, -0.05) is 18.2 Å². The number of rotatable bonds is 5. The van der Waals surface area contributed by atoms with E-state index in [0.717, 1.165) is 73.7 Å². The Labute approximate surface area is 252 Å². The van der Waals surface area contributed by atoms with Gasteiger partial charge in [-0.25, -0.2) is 8.78 Å². The number of carbonyl (C=O) groups is 1. The molecule has 1 unspecified atom stereocenters.